The van der Waals surface area contributed by atoms with Crippen LogP contribution in [0.1, 0.15) is 22.3 Å². The van der Waals surface area contributed by atoms with Crippen molar-refractivity contribution in [1.82, 2.24) is 19.9 Å². The van der Waals surface area contributed by atoms with Crippen LogP contribution in [0.15, 0.2) is 194 Å². The van der Waals surface area contributed by atoms with Crippen molar-refractivity contribution in [3.63, 3.8) is 0 Å². The fourth-order valence-electron chi connectivity index (χ4n) is 9.31. The van der Waals surface area contributed by atoms with Crippen molar-refractivity contribution in [2.75, 3.05) is 0 Å². The molecule has 270 valence electrons. The Labute approximate surface area is 335 Å². The minimum atomic E-state index is -0.618. The summed E-state index contributed by atoms with van der Waals surface area (Å²) in [5.41, 5.74) is 12.3. The summed E-state index contributed by atoms with van der Waals surface area (Å²) in [6.07, 6.45) is 1.87. The Balaban J connectivity index is 1.13. The van der Waals surface area contributed by atoms with Crippen molar-refractivity contribution in [2.45, 2.75) is 5.41 Å². The summed E-state index contributed by atoms with van der Waals surface area (Å²) < 4.78 is 6.63. The second kappa shape index (κ2) is 12.6. The predicted octanol–water partition coefficient (Wildman–Crippen LogP) is 12.7. The van der Waals surface area contributed by atoms with Crippen LogP contribution in [0.3, 0.4) is 0 Å². The normalized spacial score (nSPS) is 13.1. The molecule has 0 amide bonds. The molecule has 3 heterocycles. The Morgan fingerprint density at radius 1 is 0.362 bits per heavy atom. The Hall–Kier alpha value is -7.76. The number of aromatic nitrogens is 4. The first-order chi connectivity index (χ1) is 28.7. The largest absolute Gasteiger partial charge is 0.457 e. The number of pyridine rings is 1. The molecule has 5 heteroatoms. The molecule has 0 fully saturated rings. The lowest BCUT2D eigenvalue weighted by Crippen LogP contribution is -2.32. The van der Waals surface area contributed by atoms with Gasteiger partial charge in [-0.25, -0.2) is 15.0 Å². The maximum absolute atomic E-state index is 6.63. The third-order valence-electron chi connectivity index (χ3n) is 11.8. The molecular weight excluding hydrogens is 709 g/mol. The number of para-hydroxylation sites is 3. The first-order valence-corrected chi connectivity index (χ1v) is 19.5. The predicted molar refractivity (Wildman–Crippen MR) is 232 cm³/mol. The molecule has 2 aliphatic rings. The third-order valence-corrected chi connectivity index (χ3v) is 11.8. The van der Waals surface area contributed by atoms with Gasteiger partial charge >= 0.3 is 0 Å². The highest BCUT2D eigenvalue weighted by atomic mass is 16.5. The molecule has 1 aliphatic carbocycles. The van der Waals surface area contributed by atoms with Crippen LogP contribution in [0.5, 0.6) is 11.5 Å². The van der Waals surface area contributed by atoms with Crippen molar-refractivity contribution in [3.05, 3.63) is 217 Å². The van der Waals surface area contributed by atoms with E-state index >= 15 is 0 Å². The van der Waals surface area contributed by atoms with Gasteiger partial charge in [-0.1, -0.05) is 158 Å². The molecule has 0 unspecified atom stereocenters. The van der Waals surface area contributed by atoms with Crippen molar-refractivity contribution in [3.8, 4) is 67.9 Å². The number of nitrogens with zero attached hydrogens (tertiary/aromatic N) is 4. The summed E-state index contributed by atoms with van der Waals surface area (Å²) in [4.78, 5) is 20.4. The molecule has 0 saturated carbocycles. The highest BCUT2D eigenvalue weighted by Gasteiger charge is 2.51. The lowest BCUT2D eigenvalue weighted by atomic mass is 9.66. The summed E-state index contributed by atoms with van der Waals surface area (Å²) >= 11 is 0. The van der Waals surface area contributed by atoms with Crippen molar-refractivity contribution in [2.24, 2.45) is 0 Å². The molecular formula is C53H32N4O. The quantitative estimate of drug-likeness (QED) is 0.180. The lowest BCUT2D eigenvalue weighted by Gasteiger charge is -2.39. The van der Waals surface area contributed by atoms with Crippen LogP contribution < -0.4 is 4.74 Å². The molecule has 10 aromatic rings. The van der Waals surface area contributed by atoms with Crippen molar-refractivity contribution in [1.29, 1.82) is 0 Å². The Morgan fingerprint density at radius 2 is 0.931 bits per heavy atom. The first-order valence-electron chi connectivity index (χ1n) is 19.5. The molecule has 12 rings (SSSR count). The molecule has 0 bridgehead atoms. The maximum Gasteiger partial charge on any atom is 0.164 e. The minimum Gasteiger partial charge on any atom is -0.457 e. The average Bonchev–Trinajstić information content (AvgIpc) is 3.58. The van der Waals surface area contributed by atoms with E-state index in [0.717, 1.165) is 83.2 Å². The lowest BCUT2D eigenvalue weighted by molar-refractivity contribution is 0.436. The van der Waals surface area contributed by atoms with Gasteiger partial charge in [0.1, 0.15) is 11.5 Å². The molecule has 5 nitrogen and oxygen atoms in total. The van der Waals surface area contributed by atoms with Gasteiger partial charge in [0.2, 0.25) is 0 Å². The number of fused-ring (bicyclic) bond motifs is 11. The number of hydrogen-bond acceptors (Lipinski definition) is 5. The van der Waals surface area contributed by atoms with Crippen LogP contribution in [0.4, 0.5) is 0 Å². The van der Waals surface area contributed by atoms with Gasteiger partial charge in [0.25, 0.3) is 0 Å². The van der Waals surface area contributed by atoms with E-state index in [1.165, 1.54) is 11.1 Å². The molecule has 0 atom stereocenters. The standard InChI is InChI=1S/C53H32N4O/c1-2-14-35(15-3-1)50-55-51(57-52(56-50)40-21-10-16-33-13-4-5-19-38(33)40)37-27-29-44-42(32-37)41-31-36(39-20-11-17-34-18-12-30-54-49(34)39)26-28-43(41)53(44)45-22-6-8-24-47(45)58-48-25-9-7-23-46(48)53/h1-32H. The SMILES string of the molecule is c1ccc(-c2nc(-c3ccc4c(c3)-c3cc(-c5cccc6cccnc56)ccc3C43c4ccccc4Oc4ccccc43)nc(-c3cccc4ccccc34)n2)cc1. The fourth-order valence-corrected chi connectivity index (χ4v) is 9.31. The molecule has 58 heavy (non-hydrogen) atoms. The molecule has 1 aliphatic heterocycles. The van der Waals surface area contributed by atoms with E-state index in [9.17, 15) is 0 Å². The van der Waals surface area contributed by atoms with Gasteiger partial charge in [0.15, 0.2) is 17.5 Å². The minimum absolute atomic E-state index is 0.615. The molecule has 0 saturated heterocycles. The zero-order chi connectivity index (χ0) is 38.2. The van der Waals surface area contributed by atoms with Gasteiger partial charge < -0.3 is 4.74 Å². The maximum atomic E-state index is 6.63. The van der Waals surface area contributed by atoms with Crippen LogP contribution in [-0.2, 0) is 5.41 Å². The zero-order valence-electron chi connectivity index (χ0n) is 31.2. The highest BCUT2D eigenvalue weighted by Crippen LogP contribution is 2.62. The van der Waals surface area contributed by atoms with Gasteiger partial charge in [-0.15, -0.1) is 0 Å². The summed E-state index contributed by atoms with van der Waals surface area (Å²) in [7, 11) is 0. The van der Waals surface area contributed by atoms with Crippen LogP contribution >= 0.6 is 0 Å². The molecule has 0 N–H and O–H groups in total. The Kier molecular flexibility index (Phi) is 7.07. The van der Waals surface area contributed by atoms with Crippen LogP contribution in [0.25, 0.3) is 78.1 Å². The first kappa shape index (κ1) is 32.5. The average molecular weight is 741 g/mol. The van der Waals surface area contributed by atoms with E-state index in [4.69, 9.17) is 24.7 Å². The van der Waals surface area contributed by atoms with Crippen LogP contribution in [-0.4, -0.2) is 19.9 Å². The Morgan fingerprint density at radius 3 is 1.71 bits per heavy atom. The van der Waals surface area contributed by atoms with E-state index in [1.807, 2.05) is 30.5 Å². The summed E-state index contributed by atoms with van der Waals surface area (Å²) in [6, 6.07) is 66.0. The number of rotatable bonds is 4. The molecule has 8 aromatic carbocycles. The van der Waals surface area contributed by atoms with E-state index in [2.05, 4.69) is 164 Å². The zero-order valence-corrected chi connectivity index (χ0v) is 31.2. The van der Waals surface area contributed by atoms with E-state index in [0.29, 0.717) is 17.5 Å². The van der Waals surface area contributed by atoms with Gasteiger partial charge in [0.05, 0.1) is 10.9 Å². The van der Waals surface area contributed by atoms with Crippen molar-refractivity contribution < 1.29 is 4.74 Å². The van der Waals surface area contributed by atoms with E-state index in [1.54, 1.807) is 0 Å². The molecule has 2 aromatic heterocycles. The van der Waals surface area contributed by atoms with Gasteiger partial charge in [-0.2, -0.15) is 0 Å². The number of hydrogen-bond donors (Lipinski definition) is 0. The van der Waals surface area contributed by atoms with Gasteiger partial charge in [-0.3, -0.25) is 4.98 Å². The smallest absolute Gasteiger partial charge is 0.164 e. The van der Waals surface area contributed by atoms with E-state index in [-0.39, 0.29) is 0 Å². The van der Waals surface area contributed by atoms with Crippen LogP contribution in [0, 0.1) is 0 Å². The summed E-state index contributed by atoms with van der Waals surface area (Å²) in [5, 5.41) is 3.34. The van der Waals surface area contributed by atoms with Gasteiger partial charge in [-0.05, 0) is 68.9 Å². The summed E-state index contributed by atoms with van der Waals surface area (Å²) in [5.74, 6) is 3.59. The second-order valence-electron chi connectivity index (χ2n) is 14.9. The number of ether oxygens (including phenoxy) is 1. The second-order valence-corrected chi connectivity index (χ2v) is 14.9. The highest BCUT2D eigenvalue weighted by molar-refractivity contribution is 5.98. The monoisotopic (exact) mass is 740 g/mol. The summed E-state index contributed by atoms with van der Waals surface area (Å²) in [6.45, 7) is 0. The molecule has 1 spiro atoms. The topological polar surface area (TPSA) is 60.8 Å². The number of benzene rings is 8. The fraction of sp³-hybridized carbons (Fsp3) is 0.0189. The van der Waals surface area contributed by atoms with Crippen LogP contribution in [0.2, 0.25) is 0 Å². The van der Waals surface area contributed by atoms with Gasteiger partial charge in [0, 0.05) is 45.0 Å². The third kappa shape index (κ3) is 4.77. The van der Waals surface area contributed by atoms with E-state index < -0.39 is 5.41 Å². The molecule has 0 radical (unpaired) electrons. The Bertz CT molecular complexity index is 3230. The van der Waals surface area contributed by atoms with Crippen molar-refractivity contribution >= 4 is 21.7 Å².